The van der Waals surface area contributed by atoms with Gasteiger partial charge in [0.1, 0.15) is 5.92 Å². The third-order valence-electron chi connectivity index (χ3n) is 4.16. The van der Waals surface area contributed by atoms with E-state index in [1.54, 1.807) is 4.90 Å². The summed E-state index contributed by atoms with van der Waals surface area (Å²) in [6.45, 7) is 12.9. The van der Waals surface area contributed by atoms with Crippen molar-refractivity contribution in [3.05, 3.63) is 0 Å². The van der Waals surface area contributed by atoms with Crippen LogP contribution in [0.2, 0.25) is 0 Å². The zero-order chi connectivity index (χ0) is 15.5. The molecule has 1 N–H and O–H groups in total. The van der Waals surface area contributed by atoms with Crippen molar-refractivity contribution in [2.45, 2.75) is 47.1 Å². The molecule has 1 aliphatic heterocycles. The van der Waals surface area contributed by atoms with Crippen molar-refractivity contribution in [1.29, 1.82) is 0 Å². The largest absolute Gasteiger partial charge is 0.481 e. The number of carbonyl (C=O) groups is 2. The van der Waals surface area contributed by atoms with Crippen molar-refractivity contribution in [2.24, 2.45) is 11.3 Å². The third kappa shape index (κ3) is 3.72. The number of rotatable bonds is 5. The van der Waals surface area contributed by atoms with Crippen LogP contribution in [0.4, 0.5) is 0 Å². The summed E-state index contributed by atoms with van der Waals surface area (Å²) in [6.07, 6.45) is 0.934. The Kier molecular flexibility index (Phi) is 5.57. The Balaban J connectivity index is 2.77. The van der Waals surface area contributed by atoms with Crippen LogP contribution in [0.3, 0.4) is 0 Å². The number of nitrogens with zero attached hydrogens (tertiary/aromatic N) is 2. The van der Waals surface area contributed by atoms with Gasteiger partial charge in [-0.1, -0.05) is 34.6 Å². The summed E-state index contributed by atoms with van der Waals surface area (Å²) in [4.78, 5) is 28.0. The van der Waals surface area contributed by atoms with Gasteiger partial charge in [-0.3, -0.25) is 14.5 Å². The topological polar surface area (TPSA) is 60.9 Å². The van der Waals surface area contributed by atoms with Crippen molar-refractivity contribution in [2.75, 3.05) is 26.2 Å². The lowest BCUT2D eigenvalue weighted by Crippen LogP contribution is -2.45. The van der Waals surface area contributed by atoms with Gasteiger partial charge >= 0.3 is 5.97 Å². The zero-order valence-electron chi connectivity index (χ0n) is 13.3. The van der Waals surface area contributed by atoms with E-state index in [0.29, 0.717) is 19.1 Å². The first-order chi connectivity index (χ1) is 9.22. The Bertz CT molecular complexity index is 359. The summed E-state index contributed by atoms with van der Waals surface area (Å²) in [5.74, 6) is -2.22. The summed E-state index contributed by atoms with van der Waals surface area (Å²) in [5, 5.41) is 9.35. The lowest BCUT2D eigenvalue weighted by Gasteiger charge is -2.31. The highest BCUT2D eigenvalue weighted by Gasteiger charge is 2.42. The molecule has 0 aromatic heterocycles. The molecule has 2 unspecified atom stereocenters. The van der Waals surface area contributed by atoms with E-state index in [1.165, 1.54) is 0 Å². The van der Waals surface area contributed by atoms with Crippen molar-refractivity contribution in [3.8, 4) is 0 Å². The second-order valence-corrected chi connectivity index (χ2v) is 6.59. The minimum atomic E-state index is -1.02. The van der Waals surface area contributed by atoms with Crippen LogP contribution < -0.4 is 0 Å². The molecule has 0 saturated carbocycles. The van der Waals surface area contributed by atoms with Gasteiger partial charge in [-0.15, -0.1) is 0 Å². The van der Waals surface area contributed by atoms with E-state index in [2.05, 4.69) is 18.7 Å². The van der Waals surface area contributed by atoms with Crippen LogP contribution in [0.1, 0.15) is 41.0 Å². The maximum absolute atomic E-state index is 12.5. The molecule has 0 bridgehead atoms. The standard InChI is InChI=1S/C15H28N2O3/c1-6-16(7-2)11-8-9-17(10-11)13(18)12(14(19)20)15(3,4)5/h11-12H,6-10H2,1-5H3,(H,19,20). The molecule has 5 heteroatoms. The number of carboxylic acids is 1. The molecule has 20 heavy (non-hydrogen) atoms. The molecule has 1 amide bonds. The Morgan fingerprint density at radius 2 is 1.85 bits per heavy atom. The number of aliphatic carboxylic acids is 1. The minimum absolute atomic E-state index is 0.236. The molecule has 1 heterocycles. The number of carboxylic acid groups (broad SMARTS) is 1. The van der Waals surface area contributed by atoms with E-state index in [-0.39, 0.29) is 5.91 Å². The third-order valence-corrected chi connectivity index (χ3v) is 4.16. The first-order valence-corrected chi connectivity index (χ1v) is 7.48. The smallest absolute Gasteiger partial charge is 0.316 e. The predicted octanol–water partition coefficient (Wildman–Crippen LogP) is 1.68. The first-order valence-electron chi connectivity index (χ1n) is 7.48. The molecule has 5 nitrogen and oxygen atoms in total. The predicted molar refractivity (Wildman–Crippen MR) is 78.5 cm³/mol. The SMILES string of the molecule is CCN(CC)C1CCN(C(=O)C(C(=O)O)C(C)(C)C)C1. The van der Waals surface area contributed by atoms with E-state index in [9.17, 15) is 14.7 Å². The van der Waals surface area contributed by atoms with Crippen molar-refractivity contribution >= 4 is 11.9 Å². The fourth-order valence-corrected chi connectivity index (χ4v) is 3.01. The quantitative estimate of drug-likeness (QED) is 0.780. The Labute approximate surface area is 121 Å². The molecule has 0 radical (unpaired) electrons. The van der Waals surface area contributed by atoms with E-state index in [4.69, 9.17) is 0 Å². The van der Waals surface area contributed by atoms with Crippen molar-refractivity contribution in [1.82, 2.24) is 9.80 Å². The van der Waals surface area contributed by atoms with Crippen LogP contribution in [-0.2, 0) is 9.59 Å². The lowest BCUT2D eigenvalue weighted by atomic mass is 9.80. The number of likely N-dealkylation sites (N-methyl/N-ethyl adjacent to an activating group) is 1. The highest BCUT2D eigenvalue weighted by molar-refractivity contribution is 5.97. The molecule has 0 aromatic carbocycles. The lowest BCUT2D eigenvalue weighted by molar-refractivity contribution is -0.155. The molecule has 1 fully saturated rings. The summed E-state index contributed by atoms with van der Waals surface area (Å²) in [7, 11) is 0. The first kappa shape index (κ1) is 17.0. The summed E-state index contributed by atoms with van der Waals surface area (Å²) >= 11 is 0. The monoisotopic (exact) mass is 284 g/mol. The van der Waals surface area contributed by atoms with Crippen LogP contribution in [0.5, 0.6) is 0 Å². The number of hydrogen-bond acceptors (Lipinski definition) is 3. The second-order valence-electron chi connectivity index (χ2n) is 6.59. The minimum Gasteiger partial charge on any atom is -0.481 e. The van der Waals surface area contributed by atoms with Gasteiger partial charge in [0.2, 0.25) is 5.91 Å². The molecule has 1 aliphatic rings. The molecule has 1 rings (SSSR count). The van der Waals surface area contributed by atoms with Crippen molar-refractivity contribution in [3.63, 3.8) is 0 Å². The van der Waals surface area contributed by atoms with Gasteiger partial charge in [-0.25, -0.2) is 0 Å². The number of likely N-dealkylation sites (tertiary alicyclic amines) is 1. The van der Waals surface area contributed by atoms with Gasteiger partial charge in [0.15, 0.2) is 0 Å². The molecule has 116 valence electrons. The highest BCUT2D eigenvalue weighted by Crippen LogP contribution is 2.29. The van der Waals surface area contributed by atoms with E-state index >= 15 is 0 Å². The van der Waals surface area contributed by atoms with E-state index in [0.717, 1.165) is 19.5 Å². The van der Waals surface area contributed by atoms with Gasteiger partial charge in [0.25, 0.3) is 0 Å². The molecule has 0 aromatic rings. The van der Waals surface area contributed by atoms with Crippen LogP contribution in [0, 0.1) is 11.3 Å². The molecule has 0 aliphatic carbocycles. The summed E-state index contributed by atoms with van der Waals surface area (Å²) < 4.78 is 0. The summed E-state index contributed by atoms with van der Waals surface area (Å²) in [5.41, 5.74) is -0.559. The Morgan fingerprint density at radius 1 is 1.30 bits per heavy atom. The number of amides is 1. The Hall–Kier alpha value is -1.10. The summed E-state index contributed by atoms with van der Waals surface area (Å²) in [6, 6.07) is 0.364. The fourth-order valence-electron chi connectivity index (χ4n) is 3.01. The highest BCUT2D eigenvalue weighted by atomic mass is 16.4. The zero-order valence-corrected chi connectivity index (χ0v) is 13.3. The van der Waals surface area contributed by atoms with Crippen LogP contribution in [0.25, 0.3) is 0 Å². The van der Waals surface area contributed by atoms with Gasteiger partial charge in [0, 0.05) is 19.1 Å². The van der Waals surface area contributed by atoms with Gasteiger partial charge in [0.05, 0.1) is 0 Å². The number of hydrogen-bond donors (Lipinski definition) is 1. The van der Waals surface area contributed by atoms with E-state index in [1.807, 2.05) is 20.8 Å². The fraction of sp³-hybridized carbons (Fsp3) is 0.867. The van der Waals surface area contributed by atoms with Crippen molar-refractivity contribution < 1.29 is 14.7 Å². The maximum atomic E-state index is 12.5. The molecule has 1 saturated heterocycles. The number of carbonyl (C=O) groups excluding carboxylic acids is 1. The molecular formula is C15H28N2O3. The molecular weight excluding hydrogens is 256 g/mol. The maximum Gasteiger partial charge on any atom is 0.316 e. The van der Waals surface area contributed by atoms with Gasteiger partial charge in [-0.2, -0.15) is 0 Å². The van der Waals surface area contributed by atoms with Gasteiger partial charge < -0.3 is 10.0 Å². The average molecular weight is 284 g/mol. The molecule has 0 spiro atoms. The molecule has 2 atom stereocenters. The van der Waals surface area contributed by atoms with Crippen LogP contribution >= 0.6 is 0 Å². The normalized spacial score (nSPS) is 21.3. The Morgan fingerprint density at radius 3 is 2.25 bits per heavy atom. The second kappa shape index (κ2) is 6.57. The van der Waals surface area contributed by atoms with Crippen LogP contribution in [0.15, 0.2) is 0 Å². The van der Waals surface area contributed by atoms with E-state index < -0.39 is 17.3 Å². The van der Waals surface area contributed by atoms with Crippen LogP contribution in [-0.4, -0.2) is 59.0 Å². The average Bonchev–Trinajstić information content (AvgIpc) is 2.77. The van der Waals surface area contributed by atoms with Gasteiger partial charge in [-0.05, 0) is 24.9 Å².